The summed E-state index contributed by atoms with van der Waals surface area (Å²) in [5.41, 5.74) is 1.67. The molecule has 0 atom stereocenters. The van der Waals surface area contributed by atoms with Crippen molar-refractivity contribution in [2.45, 2.75) is 32.7 Å². The molecule has 25 heavy (non-hydrogen) atoms. The molecule has 0 spiro atoms. The molecule has 1 amide bonds. The first-order valence-electron chi connectivity index (χ1n) is 8.61. The van der Waals surface area contributed by atoms with Crippen LogP contribution in [-0.2, 0) is 21.2 Å². The second kappa shape index (κ2) is 9.37. The molecule has 0 aliphatic carbocycles. The number of anilines is 1. The van der Waals surface area contributed by atoms with E-state index in [4.69, 9.17) is 0 Å². The number of amides is 1. The summed E-state index contributed by atoms with van der Waals surface area (Å²) in [5, 5.41) is 0. The van der Waals surface area contributed by atoms with Crippen LogP contribution >= 0.6 is 0 Å². The van der Waals surface area contributed by atoms with Crippen molar-refractivity contribution in [1.82, 2.24) is 0 Å². The Bertz CT molecular complexity index is 758. The smallest absolute Gasteiger partial charge is 0.242 e. The highest BCUT2D eigenvalue weighted by atomic mass is 32.2. The molecule has 0 saturated heterocycles. The molecule has 0 heterocycles. The van der Waals surface area contributed by atoms with Crippen molar-refractivity contribution in [2.75, 3.05) is 16.4 Å². The molecule has 4 nitrogen and oxygen atoms in total. The van der Waals surface area contributed by atoms with Crippen molar-refractivity contribution in [3.63, 3.8) is 0 Å². The number of hydrogen-bond acceptors (Lipinski definition) is 3. The predicted octanol–water partition coefficient (Wildman–Crippen LogP) is 3.82. The number of sulfone groups is 1. The molecule has 0 aliphatic rings. The average molecular weight is 359 g/mol. The van der Waals surface area contributed by atoms with Crippen LogP contribution in [0.25, 0.3) is 0 Å². The van der Waals surface area contributed by atoms with Crippen molar-refractivity contribution in [3.05, 3.63) is 66.2 Å². The number of carbonyl (C=O) groups excluding carboxylic acids is 1. The van der Waals surface area contributed by atoms with Gasteiger partial charge in [-0.25, -0.2) is 8.42 Å². The molecule has 0 saturated carbocycles. The maximum atomic E-state index is 12.7. The summed E-state index contributed by atoms with van der Waals surface area (Å²) in [6.45, 7) is 2.38. The van der Waals surface area contributed by atoms with Crippen LogP contribution < -0.4 is 4.90 Å². The largest absolute Gasteiger partial charge is 0.307 e. The molecule has 134 valence electrons. The summed E-state index contributed by atoms with van der Waals surface area (Å²) >= 11 is 0. The number of unbranched alkanes of at least 4 members (excludes halogenated alkanes) is 2. The van der Waals surface area contributed by atoms with E-state index in [0.29, 0.717) is 18.7 Å². The number of benzene rings is 2. The van der Waals surface area contributed by atoms with E-state index in [1.165, 1.54) is 0 Å². The molecule has 2 rings (SSSR count). The Hall–Kier alpha value is -2.14. The van der Waals surface area contributed by atoms with Gasteiger partial charge in [0.05, 0.1) is 12.3 Å². The van der Waals surface area contributed by atoms with Gasteiger partial charge in [-0.15, -0.1) is 0 Å². The van der Waals surface area contributed by atoms with E-state index in [9.17, 15) is 13.2 Å². The van der Waals surface area contributed by atoms with Gasteiger partial charge in [0.1, 0.15) is 5.75 Å². The van der Waals surface area contributed by atoms with Gasteiger partial charge in [-0.3, -0.25) is 4.79 Å². The van der Waals surface area contributed by atoms with Crippen LogP contribution in [-0.4, -0.2) is 25.8 Å². The minimum atomic E-state index is -3.39. The lowest BCUT2D eigenvalue weighted by Crippen LogP contribution is -2.36. The Labute approximate surface area is 150 Å². The molecule has 0 radical (unpaired) electrons. The molecular formula is C20H25NO3S. The van der Waals surface area contributed by atoms with E-state index in [-0.39, 0.29) is 11.7 Å². The number of hydrogen-bond donors (Lipinski definition) is 0. The fraction of sp³-hybridized carbons (Fsp3) is 0.350. The highest BCUT2D eigenvalue weighted by molar-refractivity contribution is 7.92. The Morgan fingerprint density at radius 2 is 1.52 bits per heavy atom. The molecule has 0 N–H and O–H groups in total. The number of nitrogens with zero attached hydrogens (tertiary/aromatic N) is 1. The first kappa shape index (κ1) is 19.2. The van der Waals surface area contributed by atoms with Crippen LogP contribution in [0.2, 0.25) is 0 Å². The topological polar surface area (TPSA) is 54.5 Å². The summed E-state index contributed by atoms with van der Waals surface area (Å²) in [6, 6.07) is 18.8. The molecule has 0 unspecified atom stereocenters. The maximum Gasteiger partial charge on any atom is 0.242 e. The summed E-state index contributed by atoms with van der Waals surface area (Å²) in [7, 11) is -3.39. The van der Waals surface area contributed by atoms with Crippen molar-refractivity contribution in [1.29, 1.82) is 0 Å². The van der Waals surface area contributed by atoms with E-state index in [2.05, 4.69) is 0 Å². The molecule has 2 aromatic carbocycles. The van der Waals surface area contributed by atoms with Gasteiger partial charge in [0.25, 0.3) is 0 Å². The second-order valence-corrected chi connectivity index (χ2v) is 8.28. The SMILES string of the molecule is CCCCCS(=O)(=O)CC(=O)N(Cc1ccccc1)c1ccccc1. The normalized spacial score (nSPS) is 11.2. The van der Waals surface area contributed by atoms with Crippen LogP contribution in [0.5, 0.6) is 0 Å². The molecule has 0 bridgehead atoms. The van der Waals surface area contributed by atoms with Gasteiger partial charge in [0.2, 0.25) is 5.91 Å². The second-order valence-electron chi connectivity index (χ2n) is 6.10. The van der Waals surface area contributed by atoms with Crippen LogP contribution in [0.1, 0.15) is 31.7 Å². The maximum absolute atomic E-state index is 12.7. The highest BCUT2D eigenvalue weighted by Crippen LogP contribution is 2.18. The van der Waals surface area contributed by atoms with E-state index in [1.807, 2.05) is 67.6 Å². The third-order valence-electron chi connectivity index (χ3n) is 3.95. The first-order valence-corrected chi connectivity index (χ1v) is 10.4. The lowest BCUT2D eigenvalue weighted by atomic mass is 10.2. The molecule has 5 heteroatoms. The summed E-state index contributed by atoms with van der Waals surface area (Å²) in [5.74, 6) is -0.759. The predicted molar refractivity (Wildman–Crippen MR) is 102 cm³/mol. The standard InChI is InChI=1S/C20H25NO3S/c1-2-3-10-15-25(23,24)17-20(22)21(19-13-8-5-9-14-19)16-18-11-6-4-7-12-18/h4-9,11-14H,2-3,10,15-17H2,1H3. The fourth-order valence-corrected chi connectivity index (χ4v) is 3.93. The zero-order valence-corrected chi connectivity index (χ0v) is 15.4. The van der Waals surface area contributed by atoms with E-state index >= 15 is 0 Å². The van der Waals surface area contributed by atoms with E-state index < -0.39 is 15.6 Å². The average Bonchev–Trinajstić information content (AvgIpc) is 2.61. The Kier molecular flexibility index (Phi) is 7.19. The highest BCUT2D eigenvalue weighted by Gasteiger charge is 2.23. The third kappa shape index (κ3) is 6.35. The lowest BCUT2D eigenvalue weighted by Gasteiger charge is -2.23. The monoisotopic (exact) mass is 359 g/mol. The molecule has 0 fully saturated rings. The summed E-state index contributed by atoms with van der Waals surface area (Å²) < 4.78 is 24.5. The third-order valence-corrected chi connectivity index (χ3v) is 5.55. The van der Waals surface area contributed by atoms with Gasteiger partial charge in [-0.1, -0.05) is 68.3 Å². The van der Waals surface area contributed by atoms with Crippen LogP contribution in [0.15, 0.2) is 60.7 Å². The quantitative estimate of drug-likeness (QED) is 0.640. The van der Waals surface area contributed by atoms with Crippen LogP contribution in [0, 0.1) is 0 Å². The number of carbonyl (C=O) groups is 1. The van der Waals surface area contributed by atoms with Gasteiger partial charge in [0.15, 0.2) is 9.84 Å². The van der Waals surface area contributed by atoms with E-state index in [1.54, 1.807) is 4.90 Å². The van der Waals surface area contributed by atoms with Crippen LogP contribution in [0.4, 0.5) is 5.69 Å². The Balaban J connectivity index is 2.16. The molecule has 0 aromatic heterocycles. The van der Waals surface area contributed by atoms with Gasteiger partial charge >= 0.3 is 0 Å². The Morgan fingerprint density at radius 3 is 2.12 bits per heavy atom. The minimum absolute atomic E-state index is 0.0700. The fourth-order valence-electron chi connectivity index (χ4n) is 2.61. The van der Waals surface area contributed by atoms with Gasteiger partial charge in [-0.2, -0.15) is 0 Å². The number of rotatable bonds is 9. The van der Waals surface area contributed by atoms with Crippen molar-refractivity contribution < 1.29 is 13.2 Å². The van der Waals surface area contributed by atoms with Crippen molar-refractivity contribution >= 4 is 21.4 Å². The number of para-hydroxylation sites is 1. The first-order chi connectivity index (χ1) is 12.0. The van der Waals surface area contributed by atoms with Gasteiger partial charge in [0, 0.05) is 5.69 Å². The zero-order chi connectivity index (χ0) is 18.1. The summed E-state index contributed by atoms with van der Waals surface area (Å²) in [4.78, 5) is 14.3. The van der Waals surface area contributed by atoms with E-state index in [0.717, 1.165) is 18.4 Å². The molecular weight excluding hydrogens is 334 g/mol. The molecule has 2 aromatic rings. The van der Waals surface area contributed by atoms with Gasteiger partial charge in [-0.05, 0) is 24.1 Å². The van der Waals surface area contributed by atoms with Crippen LogP contribution in [0.3, 0.4) is 0 Å². The minimum Gasteiger partial charge on any atom is -0.307 e. The Morgan fingerprint density at radius 1 is 0.920 bits per heavy atom. The lowest BCUT2D eigenvalue weighted by molar-refractivity contribution is -0.116. The van der Waals surface area contributed by atoms with Crippen molar-refractivity contribution in [2.24, 2.45) is 0 Å². The zero-order valence-electron chi connectivity index (χ0n) is 14.6. The van der Waals surface area contributed by atoms with Gasteiger partial charge < -0.3 is 4.90 Å². The van der Waals surface area contributed by atoms with Crippen molar-refractivity contribution in [3.8, 4) is 0 Å². The molecule has 0 aliphatic heterocycles. The summed E-state index contributed by atoms with van der Waals surface area (Å²) in [6.07, 6.45) is 2.42.